The minimum absolute atomic E-state index is 0.227. The second-order valence-electron chi connectivity index (χ2n) is 4.63. The summed E-state index contributed by atoms with van der Waals surface area (Å²) in [6, 6.07) is 0. The summed E-state index contributed by atoms with van der Waals surface area (Å²) in [6.07, 6.45) is 0. The molecule has 0 bridgehead atoms. The van der Waals surface area contributed by atoms with Crippen molar-refractivity contribution in [2.75, 3.05) is 32.8 Å². The zero-order chi connectivity index (χ0) is 9.54. The van der Waals surface area contributed by atoms with Crippen LogP contribution in [0.4, 0.5) is 0 Å². The van der Waals surface area contributed by atoms with Crippen molar-refractivity contribution in [3.05, 3.63) is 0 Å². The Morgan fingerprint density at radius 2 is 2.07 bits per heavy atom. The molecular formula is C10H16N2O2. The van der Waals surface area contributed by atoms with Crippen LogP contribution in [0.2, 0.25) is 0 Å². The largest absolute Gasteiger partial charge is 0.381 e. The highest BCUT2D eigenvalue weighted by Crippen LogP contribution is 2.50. The Bertz CT molecular complexity index is 243. The van der Waals surface area contributed by atoms with E-state index in [0.29, 0.717) is 5.92 Å². The summed E-state index contributed by atoms with van der Waals surface area (Å²) in [5.41, 5.74) is 0. The zero-order valence-electron chi connectivity index (χ0n) is 8.16. The van der Waals surface area contributed by atoms with E-state index < -0.39 is 0 Å². The van der Waals surface area contributed by atoms with Crippen molar-refractivity contribution in [1.29, 1.82) is 0 Å². The smallest absolute Gasteiger partial charge is 0.225 e. The summed E-state index contributed by atoms with van der Waals surface area (Å²) in [6.45, 7) is 4.40. The number of carbonyl (C=O) groups is 1. The van der Waals surface area contributed by atoms with Gasteiger partial charge in [-0.25, -0.2) is 0 Å². The van der Waals surface area contributed by atoms with E-state index in [-0.39, 0.29) is 11.8 Å². The molecule has 2 saturated heterocycles. The number of rotatable bonds is 3. The normalized spacial score (nSPS) is 40.1. The second-order valence-corrected chi connectivity index (χ2v) is 4.63. The lowest BCUT2D eigenvalue weighted by atomic mass is 10.0. The highest BCUT2D eigenvalue weighted by Gasteiger charge is 2.53. The molecule has 3 rings (SSSR count). The third-order valence-corrected chi connectivity index (χ3v) is 3.79. The van der Waals surface area contributed by atoms with Crippen molar-refractivity contribution in [3.8, 4) is 0 Å². The van der Waals surface area contributed by atoms with E-state index in [9.17, 15) is 4.79 Å². The van der Waals surface area contributed by atoms with E-state index in [1.165, 1.54) is 0 Å². The van der Waals surface area contributed by atoms with E-state index in [4.69, 9.17) is 4.74 Å². The maximum absolute atomic E-state index is 11.5. The van der Waals surface area contributed by atoms with Crippen LogP contribution in [0.15, 0.2) is 0 Å². The first-order chi connectivity index (χ1) is 6.86. The molecule has 3 aliphatic rings. The molecule has 1 amide bonds. The Balaban J connectivity index is 1.40. The highest BCUT2D eigenvalue weighted by molar-refractivity contribution is 5.80. The van der Waals surface area contributed by atoms with Crippen LogP contribution in [0.1, 0.15) is 0 Å². The zero-order valence-corrected chi connectivity index (χ0v) is 8.16. The van der Waals surface area contributed by atoms with Gasteiger partial charge >= 0.3 is 0 Å². The molecule has 2 atom stereocenters. The molecule has 2 unspecified atom stereocenters. The van der Waals surface area contributed by atoms with Gasteiger partial charge in [-0.2, -0.15) is 0 Å². The van der Waals surface area contributed by atoms with E-state index in [1.54, 1.807) is 0 Å². The Kier molecular flexibility index (Phi) is 1.99. The fourth-order valence-corrected chi connectivity index (χ4v) is 2.50. The van der Waals surface area contributed by atoms with Crippen molar-refractivity contribution in [1.82, 2.24) is 10.6 Å². The van der Waals surface area contributed by atoms with Crippen LogP contribution in [0.3, 0.4) is 0 Å². The van der Waals surface area contributed by atoms with Crippen LogP contribution in [0.5, 0.6) is 0 Å². The van der Waals surface area contributed by atoms with Crippen LogP contribution in [-0.4, -0.2) is 38.8 Å². The molecule has 2 heterocycles. The standard InChI is InChI=1S/C10H16N2O2/c13-10(6-1-11-2-6)12-3-7-8-4-14-5-9(7)8/h6-9,11H,1-5H2,(H,12,13). The third-order valence-electron chi connectivity index (χ3n) is 3.79. The number of amides is 1. The Morgan fingerprint density at radius 1 is 1.36 bits per heavy atom. The number of nitrogens with one attached hydrogen (secondary N) is 2. The minimum atomic E-state index is 0.227. The fourth-order valence-electron chi connectivity index (χ4n) is 2.50. The molecule has 1 saturated carbocycles. The molecule has 0 radical (unpaired) electrons. The van der Waals surface area contributed by atoms with E-state index in [0.717, 1.165) is 44.7 Å². The first kappa shape index (κ1) is 8.68. The molecule has 4 nitrogen and oxygen atoms in total. The van der Waals surface area contributed by atoms with Gasteiger partial charge in [-0.05, 0) is 17.8 Å². The summed E-state index contributed by atoms with van der Waals surface area (Å²) in [5.74, 6) is 2.66. The average molecular weight is 196 g/mol. The van der Waals surface area contributed by atoms with Crippen LogP contribution in [0, 0.1) is 23.7 Å². The fraction of sp³-hybridized carbons (Fsp3) is 0.900. The van der Waals surface area contributed by atoms with Crippen LogP contribution in [0.25, 0.3) is 0 Å². The molecule has 2 aliphatic heterocycles. The molecule has 2 N–H and O–H groups in total. The third kappa shape index (κ3) is 1.33. The molecule has 1 aliphatic carbocycles. The monoisotopic (exact) mass is 196 g/mol. The second kappa shape index (κ2) is 3.21. The van der Waals surface area contributed by atoms with E-state index >= 15 is 0 Å². The maximum Gasteiger partial charge on any atom is 0.225 e. The van der Waals surface area contributed by atoms with Gasteiger partial charge in [-0.3, -0.25) is 4.79 Å². The van der Waals surface area contributed by atoms with Gasteiger partial charge in [0.1, 0.15) is 0 Å². The number of ether oxygens (including phenoxy) is 1. The summed E-state index contributed by atoms with van der Waals surface area (Å²) < 4.78 is 5.30. The predicted molar refractivity (Wildman–Crippen MR) is 50.7 cm³/mol. The van der Waals surface area contributed by atoms with Gasteiger partial charge in [0.25, 0.3) is 0 Å². The summed E-state index contributed by atoms with van der Waals surface area (Å²) in [7, 11) is 0. The van der Waals surface area contributed by atoms with Crippen molar-refractivity contribution in [2.24, 2.45) is 23.7 Å². The number of fused-ring (bicyclic) bond motifs is 1. The molecule has 0 spiro atoms. The quantitative estimate of drug-likeness (QED) is 0.622. The average Bonchev–Trinajstić information content (AvgIpc) is 2.55. The molecule has 4 heteroatoms. The van der Waals surface area contributed by atoms with Gasteiger partial charge in [-0.1, -0.05) is 0 Å². The maximum atomic E-state index is 11.5. The Morgan fingerprint density at radius 3 is 2.64 bits per heavy atom. The van der Waals surface area contributed by atoms with E-state index in [2.05, 4.69) is 10.6 Å². The van der Waals surface area contributed by atoms with Crippen molar-refractivity contribution >= 4 is 5.91 Å². The first-order valence-corrected chi connectivity index (χ1v) is 5.42. The van der Waals surface area contributed by atoms with Gasteiger partial charge in [0.15, 0.2) is 0 Å². The highest BCUT2D eigenvalue weighted by atomic mass is 16.5. The topological polar surface area (TPSA) is 50.4 Å². The van der Waals surface area contributed by atoms with Crippen molar-refractivity contribution in [3.63, 3.8) is 0 Å². The SMILES string of the molecule is O=C(NCC1C2COCC12)C1CNC1. The molecular weight excluding hydrogens is 180 g/mol. The molecule has 78 valence electrons. The minimum Gasteiger partial charge on any atom is -0.381 e. The number of hydrogen-bond donors (Lipinski definition) is 2. The van der Waals surface area contributed by atoms with Crippen LogP contribution < -0.4 is 10.6 Å². The summed E-state index contributed by atoms with van der Waals surface area (Å²) in [5, 5.41) is 6.15. The number of hydrogen-bond acceptors (Lipinski definition) is 3. The molecule has 3 fully saturated rings. The molecule has 0 aromatic heterocycles. The Labute approximate surface area is 83.4 Å². The summed E-state index contributed by atoms with van der Waals surface area (Å²) >= 11 is 0. The lowest BCUT2D eigenvalue weighted by Gasteiger charge is -2.25. The van der Waals surface area contributed by atoms with Crippen LogP contribution >= 0.6 is 0 Å². The van der Waals surface area contributed by atoms with Gasteiger partial charge < -0.3 is 15.4 Å². The van der Waals surface area contributed by atoms with Gasteiger partial charge in [-0.15, -0.1) is 0 Å². The Hall–Kier alpha value is -0.610. The van der Waals surface area contributed by atoms with Crippen LogP contribution in [-0.2, 0) is 9.53 Å². The lowest BCUT2D eigenvalue weighted by molar-refractivity contribution is -0.126. The van der Waals surface area contributed by atoms with Crippen molar-refractivity contribution in [2.45, 2.75) is 0 Å². The van der Waals surface area contributed by atoms with Crippen molar-refractivity contribution < 1.29 is 9.53 Å². The van der Waals surface area contributed by atoms with E-state index in [1.807, 2.05) is 0 Å². The van der Waals surface area contributed by atoms with Gasteiger partial charge in [0.05, 0.1) is 19.1 Å². The van der Waals surface area contributed by atoms with Gasteiger partial charge in [0.2, 0.25) is 5.91 Å². The van der Waals surface area contributed by atoms with Gasteiger partial charge in [0, 0.05) is 19.6 Å². The lowest BCUT2D eigenvalue weighted by Crippen LogP contribution is -2.51. The summed E-state index contributed by atoms with van der Waals surface area (Å²) in [4.78, 5) is 11.5. The molecule has 0 aromatic carbocycles. The number of carbonyl (C=O) groups excluding carboxylic acids is 1. The molecule has 0 aromatic rings. The predicted octanol–water partition coefficient (Wildman–Crippen LogP) is -0.786. The first-order valence-electron chi connectivity index (χ1n) is 5.42. The molecule has 14 heavy (non-hydrogen) atoms.